The van der Waals surface area contributed by atoms with Crippen molar-refractivity contribution in [2.24, 2.45) is 5.92 Å². The molecule has 0 bridgehead atoms. The first kappa shape index (κ1) is 88.1. The maximum Gasteiger partial charge on any atom is 0.472 e. The Labute approximate surface area is 549 Å². The number of unbranched alkanes of at least 4 members (excludes halogenated alkanes) is 43. The lowest BCUT2D eigenvalue weighted by molar-refractivity contribution is -0.161. The molecule has 0 aliphatic rings. The Morgan fingerprint density at radius 3 is 0.756 bits per heavy atom. The SMILES string of the molecule is CCCCCCCCCCCCCCCCCC(=O)O[C@H](COC(=O)CCCCCCCCCCCCCCC)COP(=O)(O)OC[C@@H](O)COP(=O)(O)OC[C@@H](COC(=O)CCCCCCCCCCCCC)OC(=O)CCCCCCCCCCC(C)C. The normalized spacial score (nSPS) is 14.1. The van der Waals surface area contributed by atoms with Crippen molar-refractivity contribution in [2.45, 2.75) is 387 Å². The van der Waals surface area contributed by atoms with Crippen molar-refractivity contribution in [3.63, 3.8) is 0 Å². The van der Waals surface area contributed by atoms with Crippen LogP contribution in [0.25, 0.3) is 0 Å². The van der Waals surface area contributed by atoms with Crippen molar-refractivity contribution in [1.29, 1.82) is 0 Å². The zero-order valence-electron chi connectivity index (χ0n) is 58.3. The van der Waals surface area contributed by atoms with E-state index in [9.17, 15) is 43.2 Å². The molecule has 90 heavy (non-hydrogen) atoms. The zero-order chi connectivity index (χ0) is 66.3. The molecule has 17 nitrogen and oxygen atoms in total. The summed E-state index contributed by atoms with van der Waals surface area (Å²) in [5.74, 6) is -1.40. The third-order valence-electron chi connectivity index (χ3n) is 16.5. The number of phosphoric acid groups is 2. The summed E-state index contributed by atoms with van der Waals surface area (Å²) in [5.41, 5.74) is 0. The van der Waals surface area contributed by atoms with Crippen molar-refractivity contribution in [3.8, 4) is 0 Å². The molecule has 0 heterocycles. The van der Waals surface area contributed by atoms with E-state index in [4.69, 9.17) is 37.0 Å². The third-order valence-corrected chi connectivity index (χ3v) is 18.4. The maximum atomic E-state index is 13.0. The summed E-state index contributed by atoms with van der Waals surface area (Å²) < 4.78 is 68.3. The minimum atomic E-state index is -4.95. The van der Waals surface area contributed by atoms with E-state index in [0.29, 0.717) is 25.7 Å². The van der Waals surface area contributed by atoms with Crippen molar-refractivity contribution in [3.05, 3.63) is 0 Å². The largest absolute Gasteiger partial charge is 0.472 e. The molecular formula is C71H138O17P2. The minimum Gasteiger partial charge on any atom is -0.462 e. The standard InChI is InChI=1S/C71H138O17P2/c1-6-9-12-15-18-21-24-26-27-29-32-35-41-46-51-56-70(75)87-66(60-82-69(74)55-50-45-40-34-31-28-25-22-19-16-13-10-7-2)62-85-89(77,78)83-58-65(72)59-84-90(79,80)86-63-67(88-71(76)57-52-47-42-37-36-38-43-48-53-64(4)5)61-81-68(73)54-49-44-39-33-30-23-20-17-14-11-8-3/h64-67,72H,6-63H2,1-5H3,(H,77,78)(H,79,80)/t65-,66-,67-/m1/s1. The van der Waals surface area contributed by atoms with Crippen LogP contribution < -0.4 is 0 Å². The van der Waals surface area contributed by atoms with Gasteiger partial charge >= 0.3 is 39.5 Å². The Bertz CT molecular complexity index is 1740. The van der Waals surface area contributed by atoms with Crippen molar-refractivity contribution >= 4 is 39.5 Å². The van der Waals surface area contributed by atoms with Gasteiger partial charge in [0.2, 0.25) is 0 Å². The Hall–Kier alpha value is -1.94. The average Bonchev–Trinajstić information content (AvgIpc) is 3.17. The fraction of sp³-hybridized carbons (Fsp3) is 0.944. The topological polar surface area (TPSA) is 237 Å². The number of ether oxygens (including phenoxy) is 4. The Balaban J connectivity index is 5.25. The van der Waals surface area contributed by atoms with Crippen LogP contribution in [0.1, 0.15) is 369 Å². The van der Waals surface area contributed by atoms with Crippen LogP contribution in [0, 0.1) is 5.92 Å². The van der Waals surface area contributed by atoms with Crippen LogP contribution in [0.4, 0.5) is 0 Å². The van der Waals surface area contributed by atoms with Gasteiger partial charge in [-0.25, -0.2) is 9.13 Å². The number of phosphoric ester groups is 2. The fourth-order valence-electron chi connectivity index (χ4n) is 10.8. The number of esters is 4. The molecule has 0 aromatic rings. The number of carbonyl (C=O) groups is 4. The molecule has 0 spiro atoms. The van der Waals surface area contributed by atoms with Crippen LogP contribution in [0.2, 0.25) is 0 Å². The highest BCUT2D eigenvalue weighted by Crippen LogP contribution is 2.45. The van der Waals surface area contributed by atoms with Crippen LogP contribution in [0.15, 0.2) is 0 Å². The lowest BCUT2D eigenvalue weighted by Gasteiger charge is -2.21. The molecule has 0 aromatic heterocycles. The van der Waals surface area contributed by atoms with Gasteiger partial charge in [0, 0.05) is 25.7 Å². The molecular weight excluding hydrogens is 1190 g/mol. The van der Waals surface area contributed by atoms with Gasteiger partial charge in [0.15, 0.2) is 12.2 Å². The molecule has 2 unspecified atom stereocenters. The van der Waals surface area contributed by atoms with Crippen molar-refractivity contribution in [2.75, 3.05) is 39.6 Å². The van der Waals surface area contributed by atoms with E-state index >= 15 is 0 Å². The van der Waals surface area contributed by atoms with Crippen LogP contribution in [0.5, 0.6) is 0 Å². The fourth-order valence-corrected chi connectivity index (χ4v) is 12.4. The monoisotopic (exact) mass is 1320 g/mol. The van der Waals surface area contributed by atoms with Crippen molar-refractivity contribution < 1.29 is 80.2 Å². The lowest BCUT2D eigenvalue weighted by atomic mass is 10.0. The molecule has 0 aliphatic carbocycles. The van der Waals surface area contributed by atoms with E-state index in [1.165, 1.54) is 193 Å². The summed E-state index contributed by atoms with van der Waals surface area (Å²) in [6, 6.07) is 0. The van der Waals surface area contributed by atoms with Gasteiger partial charge in [-0.1, -0.05) is 317 Å². The number of aliphatic hydroxyl groups is 1. The third kappa shape index (κ3) is 64.8. The number of carbonyl (C=O) groups excluding carboxylic acids is 4. The second-order valence-corrected chi connectivity index (χ2v) is 29.0. The van der Waals surface area contributed by atoms with Crippen LogP contribution in [0.3, 0.4) is 0 Å². The van der Waals surface area contributed by atoms with Gasteiger partial charge in [0.05, 0.1) is 26.4 Å². The predicted octanol–water partition coefficient (Wildman–Crippen LogP) is 20.5. The molecule has 534 valence electrons. The van der Waals surface area contributed by atoms with Crippen LogP contribution in [-0.2, 0) is 65.4 Å². The van der Waals surface area contributed by atoms with E-state index in [2.05, 4.69) is 34.6 Å². The smallest absolute Gasteiger partial charge is 0.462 e. The molecule has 0 saturated carbocycles. The number of aliphatic hydroxyl groups excluding tert-OH is 1. The molecule has 0 aliphatic heterocycles. The first-order valence-electron chi connectivity index (χ1n) is 37.1. The maximum absolute atomic E-state index is 13.0. The summed E-state index contributed by atoms with van der Waals surface area (Å²) in [6.45, 7) is 7.22. The zero-order valence-corrected chi connectivity index (χ0v) is 60.1. The molecule has 0 saturated heterocycles. The van der Waals surface area contributed by atoms with Gasteiger partial charge in [-0.3, -0.25) is 37.3 Å². The summed E-state index contributed by atoms with van der Waals surface area (Å²) >= 11 is 0. The van der Waals surface area contributed by atoms with Crippen molar-refractivity contribution in [1.82, 2.24) is 0 Å². The molecule has 19 heteroatoms. The molecule has 0 fully saturated rings. The second-order valence-electron chi connectivity index (χ2n) is 26.1. The summed E-state index contributed by atoms with van der Waals surface area (Å²) in [7, 11) is -9.90. The quantitative estimate of drug-likeness (QED) is 0.0222. The Morgan fingerprint density at radius 2 is 0.511 bits per heavy atom. The van der Waals surface area contributed by atoms with E-state index in [1.807, 2.05) is 0 Å². The highest BCUT2D eigenvalue weighted by atomic mass is 31.2. The highest BCUT2D eigenvalue weighted by molar-refractivity contribution is 7.47. The predicted molar refractivity (Wildman–Crippen MR) is 363 cm³/mol. The van der Waals surface area contributed by atoms with E-state index in [1.54, 1.807) is 0 Å². The molecule has 0 rings (SSSR count). The molecule has 0 amide bonds. The van der Waals surface area contributed by atoms with Crippen LogP contribution >= 0.6 is 15.6 Å². The van der Waals surface area contributed by atoms with Gasteiger partial charge in [-0.2, -0.15) is 0 Å². The Kier molecular flexibility index (Phi) is 63.0. The van der Waals surface area contributed by atoms with Gasteiger partial charge in [-0.15, -0.1) is 0 Å². The van der Waals surface area contributed by atoms with Gasteiger partial charge in [0.25, 0.3) is 0 Å². The van der Waals surface area contributed by atoms with Gasteiger partial charge in [-0.05, 0) is 31.6 Å². The average molecular weight is 1330 g/mol. The minimum absolute atomic E-state index is 0.105. The Morgan fingerprint density at radius 1 is 0.300 bits per heavy atom. The van der Waals surface area contributed by atoms with Gasteiger partial charge in [0.1, 0.15) is 19.3 Å². The second kappa shape index (κ2) is 64.4. The molecule has 0 aromatic carbocycles. The van der Waals surface area contributed by atoms with Gasteiger partial charge < -0.3 is 33.8 Å². The summed E-state index contributed by atoms with van der Waals surface area (Å²) in [4.78, 5) is 72.6. The van der Waals surface area contributed by atoms with E-state index < -0.39 is 97.5 Å². The summed E-state index contributed by atoms with van der Waals surface area (Å²) in [5, 5.41) is 10.6. The first-order chi connectivity index (χ1) is 43.5. The highest BCUT2D eigenvalue weighted by Gasteiger charge is 2.30. The number of hydrogen-bond acceptors (Lipinski definition) is 15. The first-order valence-corrected chi connectivity index (χ1v) is 40.1. The van der Waals surface area contributed by atoms with Crippen LogP contribution in [-0.4, -0.2) is 96.7 Å². The molecule has 0 radical (unpaired) electrons. The number of rotatable bonds is 71. The molecule has 5 atom stereocenters. The molecule has 3 N–H and O–H groups in total. The lowest BCUT2D eigenvalue weighted by Crippen LogP contribution is -2.30. The summed E-state index contributed by atoms with van der Waals surface area (Å²) in [6.07, 6.45) is 51.2. The van der Waals surface area contributed by atoms with E-state index in [0.717, 1.165) is 95.8 Å². The number of hydrogen-bond donors (Lipinski definition) is 3. The van der Waals surface area contributed by atoms with E-state index in [-0.39, 0.29) is 25.7 Å².